The molecular formula is C17H28BrN3. The van der Waals surface area contributed by atoms with Crippen LogP contribution >= 0.6 is 15.9 Å². The Hall–Kier alpha value is -0.450. The molecule has 0 saturated carbocycles. The molecular weight excluding hydrogens is 326 g/mol. The molecule has 21 heavy (non-hydrogen) atoms. The molecule has 1 atom stereocenters. The van der Waals surface area contributed by atoms with E-state index in [9.17, 15) is 0 Å². The van der Waals surface area contributed by atoms with Crippen LogP contribution in [0, 0.1) is 0 Å². The number of rotatable bonds is 7. The highest BCUT2D eigenvalue weighted by Gasteiger charge is 2.36. The van der Waals surface area contributed by atoms with E-state index in [1.165, 1.54) is 37.9 Å². The lowest BCUT2D eigenvalue weighted by Crippen LogP contribution is -2.58. The van der Waals surface area contributed by atoms with Crippen LogP contribution in [0.1, 0.15) is 45.6 Å². The molecule has 0 spiro atoms. The topological polar surface area (TPSA) is 28.2 Å². The van der Waals surface area contributed by atoms with Gasteiger partial charge in [-0.05, 0) is 86.7 Å². The van der Waals surface area contributed by atoms with E-state index < -0.39 is 0 Å². The van der Waals surface area contributed by atoms with Crippen molar-refractivity contribution < 1.29 is 0 Å². The maximum atomic E-state index is 4.31. The zero-order valence-corrected chi connectivity index (χ0v) is 15.1. The minimum atomic E-state index is 0.175. The molecule has 0 aliphatic carbocycles. The van der Waals surface area contributed by atoms with Gasteiger partial charge in [0.05, 0.1) is 0 Å². The monoisotopic (exact) mass is 353 g/mol. The van der Waals surface area contributed by atoms with Crippen molar-refractivity contribution in [3.63, 3.8) is 0 Å². The molecule has 2 rings (SSSR count). The molecule has 0 aromatic carbocycles. The van der Waals surface area contributed by atoms with E-state index in [1.54, 1.807) is 0 Å². The lowest BCUT2D eigenvalue weighted by atomic mass is 9.88. The predicted octanol–water partition coefficient (Wildman–Crippen LogP) is 3.63. The largest absolute Gasteiger partial charge is 0.312 e. The molecule has 0 amide bonds. The molecule has 1 aromatic rings. The number of nitrogens with one attached hydrogen (secondary N) is 1. The summed E-state index contributed by atoms with van der Waals surface area (Å²) in [5.74, 6) is 0. The molecule has 3 nitrogen and oxygen atoms in total. The van der Waals surface area contributed by atoms with Crippen LogP contribution < -0.4 is 5.32 Å². The normalized spacial score (nSPS) is 18.1. The molecule has 118 valence electrons. The summed E-state index contributed by atoms with van der Waals surface area (Å²) in [4.78, 5) is 6.95. The third-order valence-electron chi connectivity index (χ3n) is 4.62. The van der Waals surface area contributed by atoms with Crippen molar-refractivity contribution in [3.8, 4) is 0 Å². The Labute approximate surface area is 137 Å². The van der Waals surface area contributed by atoms with E-state index in [0.29, 0.717) is 6.04 Å². The van der Waals surface area contributed by atoms with Gasteiger partial charge in [0.25, 0.3) is 0 Å². The Morgan fingerprint density at radius 1 is 1.33 bits per heavy atom. The van der Waals surface area contributed by atoms with Gasteiger partial charge in [0.2, 0.25) is 0 Å². The molecule has 2 heterocycles. The third-order valence-corrected chi connectivity index (χ3v) is 5.05. The van der Waals surface area contributed by atoms with Crippen molar-refractivity contribution in [2.45, 2.75) is 58.0 Å². The SMILES string of the molecule is CCCNC(Cc1cncc(Br)c1)C(C)(C)N1CCCC1. The first-order valence-corrected chi connectivity index (χ1v) is 8.91. The van der Waals surface area contributed by atoms with Crippen LogP contribution in [-0.2, 0) is 6.42 Å². The zero-order valence-electron chi connectivity index (χ0n) is 13.5. The van der Waals surface area contributed by atoms with Crippen molar-refractivity contribution in [1.29, 1.82) is 0 Å². The van der Waals surface area contributed by atoms with Gasteiger partial charge in [-0.2, -0.15) is 0 Å². The van der Waals surface area contributed by atoms with E-state index in [2.05, 4.69) is 58.0 Å². The minimum Gasteiger partial charge on any atom is -0.312 e. The van der Waals surface area contributed by atoms with Crippen LogP contribution in [-0.4, -0.2) is 41.1 Å². The number of likely N-dealkylation sites (tertiary alicyclic amines) is 1. The molecule has 1 unspecified atom stereocenters. The standard InChI is InChI=1S/C17H28BrN3/c1-4-7-20-16(11-14-10-15(18)13-19-12-14)17(2,3)21-8-5-6-9-21/h10,12-13,16,20H,4-9,11H2,1-3H3. The zero-order chi connectivity index (χ0) is 15.3. The molecule has 0 radical (unpaired) electrons. The summed E-state index contributed by atoms with van der Waals surface area (Å²) >= 11 is 3.53. The highest BCUT2D eigenvalue weighted by molar-refractivity contribution is 9.10. The smallest absolute Gasteiger partial charge is 0.0410 e. The van der Waals surface area contributed by atoms with E-state index >= 15 is 0 Å². The number of hydrogen-bond donors (Lipinski definition) is 1. The van der Waals surface area contributed by atoms with Crippen LogP contribution in [0.4, 0.5) is 0 Å². The predicted molar refractivity (Wildman–Crippen MR) is 92.6 cm³/mol. The van der Waals surface area contributed by atoms with Gasteiger partial charge in [-0.15, -0.1) is 0 Å². The number of hydrogen-bond acceptors (Lipinski definition) is 3. The maximum Gasteiger partial charge on any atom is 0.0410 e. The minimum absolute atomic E-state index is 0.175. The average molecular weight is 354 g/mol. The Balaban J connectivity index is 2.12. The fourth-order valence-corrected chi connectivity index (χ4v) is 3.62. The number of nitrogens with zero attached hydrogens (tertiary/aromatic N) is 2. The van der Waals surface area contributed by atoms with Gasteiger partial charge in [-0.25, -0.2) is 0 Å². The fraction of sp³-hybridized carbons (Fsp3) is 0.706. The lowest BCUT2D eigenvalue weighted by molar-refractivity contribution is 0.106. The highest BCUT2D eigenvalue weighted by atomic mass is 79.9. The van der Waals surface area contributed by atoms with E-state index in [4.69, 9.17) is 0 Å². The molecule has 0 bridgehead atoms. The van der Waals surface area contributed by atoms with Crippen molar-refractivity contribution in [3.05, 3.63) is 28.5 Å². The van der Waals surface area contributed by atoms with Crippen molar-refractivity contribution in [2.24, 2.45) is 0 Å². The van der Waals surface area contributed by atoms with Gasteiger partial charge in [0.1, 0.15) is 0 Å². The summed E-state index contributed by atoms with van der Waals surface area (Å²) in [6, 6.07) is 2.64. The van der Waals surface area contributed by atoms with Crippen molar-refractivity contribution in [2.75, 3.05) is 19.6 Å². The van der Waals surface area contributed by atoms with Crippen LogP contribution in [0.25, 0.3) is 0 Å². The first kappa shape index (κ1) is 16.9. The molecule has 1 aliphatic rings. The molecule has 1 N–H and O–H groups in total. The van der Waals surface area contributed by atoms with Crippen LogP contribution in [0.2, 0.25) is 0 Å². The Bertz CT molecular complexity index is 441. The van der Waals surface area contributed by atoms with Gasteiger partial charge in [-0.3, -0.25) is 9.88 Å². The van der Waals surface area contributed by atoms with Gasteiger partial charge in [0.15, 0.2) is 0 Å². The van der Waals surface area contributed by atoms with E-state index in [1.807, 2.05) is 12.4 Å². The van der Waals surface area contributed by atoms with Gasteiger partial charge < -0.3 is 5.32 Å². The first-order valence-electron chi connectivity index (χ1n) is 8.12. The summed E-state index contributed by atoms with van der Waals surface area (Å²) in [5, 5.41) is 3.77. The number of aromatic nitrogens is 1. The second-order valence-corrected chi connectivity index (χ2v) is 7.49. The highest BCUT2D eigenvalue weighted by Crippen LogP contribution is 2.26. The molecule has 1 fully saturated rings. The second-order valence-electron chi connectivity index (χ2n) is 6.57. The van der Waals surface area contributed by atoms with Gasteiger partial charge >= 0.3 is 0 Å². The first-order chi connectivity index (χ1) is 10.0. The fourth-order valence-electron chi connectivity index (χ4n) is 3.21. The molecule has 1 aromatic heterocycles. The second kappa shape index (κ2) is 7.70. The van der Waals surface area contributed by atoms with Crippen LogP contribution in [0.15, 0.2) is 22.9 Å². The van der Waals surface area contributed by atoms with Crippen LogP contribution in [0.3, 0.4) is 0 Å². The summed E-state index contributed by atoms with van der Waals surface area (Å²) in [7, 11) is 0. The van der Waals surface area contributed by atoms with Gasteiger partial charge in [0, 0.05) is 28.4 Å². The van der Waals surface area contributed by atoms with E-state index in [0.717, 1.165) is 17.4 Å². The summed E-state index contributed by atoms with van der Waals surface area (Å²) in [6.07, 6.45) is 8.71. The number of halogens is 1. The molecule has 1 saturated heterocycles. The van der Waals surface area contributed by atoms with Crippen molar-refractivity contribution in [1.82, 2.24) is 15.2 Å². The van der Waals surface area contributed by atoms with E-state index in [-0.39, 0.29) is 5.54 Å². The maximum absolute atomic E-state index is 4.31. The Morgan fingerprint density at radius 3 is 2.67 bits per heavy atom. The quantitative estimate of drug-likeness (QED) is 0.811. The summed E-state index contributed by atoms with van der Waals surface area (Å²) < 4.78 is 1.06. The summed E-state index contributed by atoms with van der Waals surface area (Å²) in [5.41, 5.74) is 1.47. The Kier molecular flexibility index (Phi) is 6.20. The summed E-state index contributed by atoms with van der Waals surface area (Å²) in [6.45, 7) is 10.5. The number of pyridine rings is 1. The molecule has 4 heteroatoms. The van der Waals surface area contributed by atoms with Crippen molar-refractivity contribution >= 4 is 15.9 Å². The third kappa shape index (κ3) is 4.51. The Morgan fingerprint density at radius 2 is 2.05 bits per heavy atom. The lowest BCUT2D eigenvalue weighted by Gasteiger charge is -2.43. The average Bonchev–Trinajstić information content (AvgIpc) is 2.98. The van der Waals surface area contributed by atoms with Gasteiger partial charge in [-0.1, -0.05) is 6.92 Å². The van der Waals surface area contributed by atoms with Crippen LogP contribution in [0.5, 0.6) is 0 Å². The molecule has 1 aliphatic heterocycles.